The van der Waals surface area contributed by atoms with Crippen LogP contribution in [0.15, 0.2) is 61.1 Å². The van der Waals surface area contributed by atoms with Gasteiger partial charge in [0.05, 0.1) is 30.5 Å². The number of nitrogens with one attached hydrogen (secondary N) is 2. The zero-order valence-electron chi connectivity index (χ0n) is 28.0. The van der Waals surface area contributed by atoms with Crippen molar-refractivity contribution in [3.05, 3.63) is 72.4 Å². The third-order valence-electron chi connectivity index (χ3n) is 9.74. The summed E-state index contributed by atoms with van der Waals surface area (Å²) in [6.45, 7) is 11.4. The molecule has 3 aliphatic heterocycles. The third kappa shape index (κ3) is 7.87. The van der Waals surface area contributed by atoms with Crippen molar-refractivity contribution < 1.29 is 23.5 Å². The second-order valence-electron chi connectivity index (χ2n) is 13.5. The van der Waals surface area contributed by atoms with Crippen LogP contribution in [0.5, 0.6) is 11.5 Å². The van der Waals surface area contributed by atoms with Gasteiger partial charge in [-0.1, -0.05) is 18.2 Å². The molecule has 3 aliphatic rings. The highest BCUT2D eigenvalue weighted by Crippen LogP contribution is 2.45. The quantitative estimate of drug-likeness (QED) is 0.292. The van der Waals surface area contributed by atoms with Gasteiger partial charge in [0.15, 0.2) is 11.6 Å². The molecule has 2 N–H and O–H groups in total. The van der Waals surface area contributed by atoms with E-state index in [1.165, 1.54) is 24.5 Å². The number of amides is 3. The number of hydrogen-bond acceptors (Lipinski definition) is 8. The van der Waals surface area contributed by atoms with E-state index >= 15 is 0 Å². The number of hydrogen-bond donors (Lipinski definition) is 2. The van der Waals surface area contributed by atoms with E-state index in [4.69, 9.17) is 9.47 Å². The van der Waals surface area contributed by atoms with E-state index in [1.54, 1.807) is 11.1 Å². The molecule has 48 heavy (non-hydrogen) atoms. The lowest BCUT2D eigenvalue weighted by Gasteiger charge is -2.54. The van der Waals surface area contributed by atoms with Crippen molar-refractivity contribution in [2.45, 2.75) is 64.6 Å². The molecule has 2 aromatic carbocycles. The van der Waals surface area contributed by atoms with E-state index in [1.807, 2.05) is 51.1 Å². The number of urea groups is 1. The largest absolute Gasteiger partial charge is 0.451 e. The Kier molecular flexibility index (Phi) is 10.4. The van der Waals surface area contributed by atoms with Crippen molar-refractivity contribution in [1.82, 2.24) is 25.1 Å². The lowest BCUT2D eigenvalue weighted by Crippen LogP contribution is -2.61. The number of carbonyl (C=O) groups excluding carboxylic acids is 2. The maximum absolute atomic E-state index is 14.3. The van der Waals surface area contributed by atoms with Crippen LogP contribution in [0.2, 0.25) is 0 Å². The zero-order chi connectivity index (χ0) is 33.7. The zero-order valence-corrected chi connectivity index (χ0v) is 28.0. The molecule has 0 unspecified atom stereocenters. The van der Waals surface area contributed by atoms with Crippen LogP contribution in [0.25, 0.3) is 0 Å². The van der Waals surface area contributed by atoms with Crippen molar-refractivity contribution in [1.29, 1.82) is 0 Å². The molecular formula is C36H46FN7O4. The molecule has 1 aromatic heterocycles. The van der Waals surface area contributed by atoms with Crippen LogP contribution in [0, 0.1) is 11.2 Å². The van der Waals surface area contributed by atoms with Gasteiger partial charge >= 0.3 is 6.03 Å². The van der Waals surface area contributed by atoms with E-state index in [2.05, 4.69) is 30.4 Å². The predicted molar refractivity (Wildman–Crippen MR) is 182 cm³/mol. The van der Waals surface area contributed by atoms with E-state index in [0.29, 0.717) is 24.7 Å². The van der Waals surface area contributed by atoms with Crippen LogP contribution >= 0.6 is 0 Å². The molecule has 3 amide bonds. The van der Waals surface area contributed by atoms with Crippen LogP contribution in [0.1, 0.15) is 56.8 Å². The molecule has 0 saturated carbocycles. The summed E-state index contributed by atoms with van der Waals surface area (Å²) in [4.78, 5) is 40.8. The Bertz CT molecular complexity index is 1550. The number of likely N-dealkylation sites (tertiary alicyclic amines) is 1. The average molecular weight is 660 g/mol. The minimum atomic E-state index is -0.495. The number of para-hydroxylation sites is 1. The van der Waals surface area contributed by atoms with Gasteiger partial charge in [0, 0.05) is 43.3 Å². The van der Waals surface area contributed by atoms with Crippen molar-refractivity contribution in [3.8, 4) is 11.5 Å². The Morgan fingerprint density at radius 3 is 2.56 bits per heavy atom. The van der Waals surface area contributed by atoms with Crippen molar-refractivity contribution in [2.24, 2.45) is 5.41 Å². The molecule has 256 valence electrons. The van der Waals surface area contributed by atoms with Gasteiger partial charge in [-0.2, -0.15) is 0 Å². The number of aromatic nitrogens is 2. The summed E-state index contributed by atoms with van der Waals surface area (Å²) in [6, 6.07) is 13.2. The first-order valence-electron chi connectivity index (χ1n) is 17.0. The lowest BCUT2D eigenvalue weighted by molar-refractivity contribution is -0.0311. The molecule has 1 spiro atoms. The summed E-state index contributed by atoms with van der Waals surface area (Å²) < 4.78 is 26.7. The van der Waals surface area contributed by atoms with E-state index in [0.717, 1.165) is 64.1 Å². The van der Waals surface area contributed by atoms with Crippen LogP contribution in [-0.4, -0.2) is 95.8 Å². The maximum Gasteiger partial charge on any atom is 0.319 e. The topological polar surface area (TPSA) is 112 Å². The van der Waals surface area contributed by atoms with E-state index < -0.39 is 5.82 Å². The van der Waals surface area contributed by atoms with Crippen LogP contribution in [0.3, 0.4) is 0 Å². The molecule has 11 nitrogen and oxygen atoms in total. The number of carbonyl (C=O) groups is 2. The highest BCUT2D eigenvalue weighted by Gasteiger charge is 2.46. The first-order valence-corrected chi connectivity index (χ1v) is 17.0. The minimum Gasteiger partial charge on any atom is -0.451 e. The smallest absolute Gasteiger partial charge is 0.319 e. The fourth-order valence-electron chi connectivity index (χ4n) is 7.06. The summed E-state index contributed by atoms with van der Waals surface area (Å²) in [5, 5.41) is 5.90. The number of benzene rings is 2. The van der Waals surface area contributed by atoms with Crippen LogP contribution < -0.4 is 20.3 Å². The molecule has 0 bridgehead atoms. The van der Waals surface area contributed by atoms with Gasteiger partial charge in [-0.15, -0.1) is 0 Å². The number of piperidine rings is 1. The van der Waals surface area contributed by atoms with Gasteiger partial charge in [0.1, 0.15) is 17.9 Å². The lowest BCUT2D eigenvalue weighted by atomic mass is 9.72. The second kappa shape index (κ2) is 14.9. The van der Waals surface area contributed by atoms with Gasteiger partial charge in [-0.3, -0.25) is 4.79 Å². The standard InChI is InChI=1S/C36H46FN7O4/c1-4-44(25(2)3)34(45)30-18-26(37)10-13-31(30)48-32-19-38-24-39-33(32)43-22-36(23-43)14-16-42(17-15-36)20-29-12-11-28(21-47-29)41-35(46)40-27-8-6-5-7-9-27/h5-10,13,18-19,24-25,28-29H,4,11-12,14-17,20-23H2,1-3H3,(H2,40,41,46)/t28-,29+/m1/s1. The Labute approximate surface area is 281 Å². The molecule has 12 heteroatoms. The fraction of sp³-hybridized carbons (Fsp3) is 0.500. The predicted octanol–water partition coefficient (Wildman–Crippen LogP) is 5.55. The summed E-state index contributed by atoms with van der Waals surface area (Å²) in [7, 11) is 0. The summed E-state index contributed by atoms with van der Waals surface area (Å²) in [5.74, 6) is 0.621. The number of ether oxygens (including phenoxy) is 2. The molecule has 0 aliphatic carbocycles. The maximum atomic E-state index is 14.3. The summed E-state index contributed by atoms with van der Waals surface area (Å²) >= 11 is 0. The summed E-state index contributed by atoms with van der Waals surface area (Å²) in [5.41, 5.74) is 1.16. The molecule has 3 saturated heterocycles. The highest BCUT2D eigenvalue weighted by molar-refractivity contribution is 5.97. The normalized spacial score (nSPS) is 20.6. The first-order chi connectivity index (χ1) is 23.2. The number of anilines is 2. The van der Waals surface area contributed by atoms with Gasteiger partial charge in [0.2, 0.25) is 0 Å². The first kappa shape index (κ1) is 33.6. The molecule has 0 radical (unpaired) electrons. The molecule has 6 rings (SSSR count). The molecule has 3 fully saturated rings. The van der Waals surface area contributed by atoms with Gasteiger partial charge in [-0.05, 0) is 89.9 Å². The second-order valence-corrected chi connectivity index (χ2v) is 13.5. The third-order valence-corrected chi connectivity index (χ3v) is 9.74. The average Bonchev–Trinajstić information content (AvgIpc) is 3.07. The number of halogens is 1. The van der Waals surface area contributed by atoms with Crippen molar-refractivity contribution in [2.75, 3.05) is 56.1 Å². The Morgan fingerprint density at radius 1 is 1.10 bits per heavy atom. The number of rotatable bonds is 10. The Hall–Kier alpha value is -4.29. The Morgan fingerprint density at radius 2 is 1.88 bits per heavy atom. The molecular weight excluding hydrogens is 613 g/mol. The molecule has 2 atom stereocenters. The Balaban J connectivity index is 0.981. The van der Waals surface area contributed by atoms with Crippen LogP contribution in [0.4, 0.5) is 20.7 Å². The van der Waals surface area contributed by atoms with E-state index in [9.17, 15) is 14.0 Å². The number of nitrogens with zero attached hydrogens (tertiary/aromatic N) is 5. The SMILES string of the molecule is CCN(C(=O)c1cc(F)ccc1Oc1cncnc1N1CC2(CCN(C[C@@H]3CC[C@@H](NC(=O)Nc4ccccc4)CO3)CC2)C1)C(C)C. The van der Waals surface area contributed by atoms with Gasteiger partial charge in [-0.25, -0.2) is 19.2 Å². The highest BCUT2D eigenvalue weighted by atomic mass is 19.1. The monoisotopic (exact) mass is 659 g/mol. The van der Waals surface area contributed by atoms with Gasteiger partial charge < -0.3 is 34.8 Å². The van der Waals surface area contributed by atoms with Gasteiger partial charge in [0.25, 0.3) is 5.91 Å². The van der Waals surface area contributed by atoms with E-state index in [-0.39, 0.29) is 46.9 Å². The summed E-state index contributed by atoms with van der Waals surface area (Å²) in [6.07, 6.45) is 7.25. The fourth-order valence-corrected chi connectivity index (χ4v) is 7.06. The van der Waals surface area contributed by atoms with Crippen molar-refractivity contribution in [3.63, 3.8) is 0 Å². The minimum absolute atomic E-state index is 0.00687. The van der Waals surface area contributed by atoms with Crippen molar-refractivity contribution >= 4 is 23.4 Å². The van der Waals surface area contributed by atoms with Crippen LogP contribution in [-0.2, 0) is 4.74 Å². The molecule has 4 heterocycles. The molecule has 3 aromatic rings.